The Morgan fingerprint density at radius 1 is 1.00 bits per heavy atom. The molecular weight excluding hydrogens is 290 g/mol. The average Bonchev–Trinajstić information content (AvgIpc) is 2.82. The second-order valence-corrected chi connectivity index (χ2v) is 5.76. The number of carbonyl (C=O) groups excluding carboxylic acids is 1. The first-order chi connectivity index (χ1) is 10.1. The van der Waals surface area contributed by atoms with Crippen LogP contribution >= 0.6 is 11.8 Å². The second-order valence-electron chi connectivity index (χ2n) is 4.69. The molecule has 0 spiro atoms. The summed E-state index contributed by atoms with van der Waals surface area (Å²) >= 11 is 1.40. The number of rotatable bonds is 2. The first-order valence-corrected chi connectivity index (χ1v) is 7.36. The number of nitrogens with zero attached hydrogens (tertiary/aromatic N) is 1. The van der Waals surface area contributed by atoms with E-state index in [0.717, 1.165) is 0 Å². The summed E-state index contributed by atoms with van der Waals surface area (Å²) in [6.45, 7) is 0. The number of aromatic hydroxyl groups is 3. The van der Waals surface area contributed by atoms with Gasteiger partial charge in [0.05, 0.1) is 5.75 Å². The fraction of sp³-hybridized carbons (Fsp3) is 0.133. The maximum absolute atomic E-state index is 12.1. The van der Waals surface area contributed by atoms with Crippen LogP contribution in [-0.4, -0.2) is 27.0 Å². The Hall–Kier alpha value is -2.34. The lowest BCUT2D eigenvalue weighted by Gasteiger charge is -2.25. The van der Waals surface area contributed by atoms with E-state index >= 15 is 0 Å². The normalized spacial score (nSPS) is 18.2. The molecule has 0 saturated carbocycles. The Morgan fingerprint density at radius 2 is 1.67 bits per heavy atom. The molecule has 1 amide bonds. The summed E-state index contributed by atoms with van der Waals surface area (Å²) in [7, 11) is 0. The van der Waals surface area contributed by atoms with Gasteiger partial charge in [-0.25, -0.2) is 0 Å². The molecule has 1 unspecified atom stereocenters. The Morgan fingerprint density at radius 3 is 2.33 bits per heavy atom. The summed E-state index contributed by atoms with van der Waals surface area (Å²) in [5.74, 6) is 0.296. The maximum Gasteiger partial charge on any atom is 0.238 e. The van der Waals surface area contributed by atoms with Gasteiger partial charge < -0.3 is 15.3 Å². The first kappa shape index (κ1) is 13.6. The number of phenolic OH excluding ortho intramolecular Hbond substituents is 3. The highest BCUT2D eigenvalue weighted by Crippen LogP contribution is 2.45. The highest BCUT2D eigenvalue weighted by molar-refractivity contribution is 8.00. The van der Waals surface area contributed by atoms with Gasteiger partial charge in [0.2, 0.25) is 5.91 Å². The third-order valence-electron chi connectivity index (χ3n) is 3.28. The van der Waals surface area contributed by atoms with Crippen LogP contribution < -0.4 is 4.90 Å². The maximum atomic E-state index is 12.1. The highest BCUT2D eigenvalue weighted by atomic mass is 32.2. The van der Waals surface area contributed by atoms with Crippen molar-refractivity contribution < 1.29 is 20.1 Å². The lowest BCUT2D eigenvalue weighted by atomic mass is 10.1. The molecule has 0 aliphatic carbocycles. The molecule has 1 aliphatic rings. The molecule has 1 heterocycles. The van der Waals surface area contributed by atoms with Crippen LogP contribution in [0.15, 0.2) is 42.5 Å². The van der Waals surface area contributed by atoms with Crippen molar-refractivity contribution in [1.29, 1.82) is 0 Å². The molecule has 3 rings (SSSR count). The summed E-state index contributed by atoms with van der Waals surface area (Å²) in [5.41, 5.74) is 1.22. The molecule has 1 fully saturated rings. The van der Waals surface area contributed by atoms with Gasteiger partial charge in [-0.15, -0.1) is 11.8 Å². The summed E-state index contributed by atoms with van der Waals surface area (Å²) in [6.07, 6.45) is 0. The molecule has 1 atom stereocenters. The minimum absolute atomic E-state index is 0.0262. The van der Waals surface area contributed by atoms with E-state index in [4.69, 9.17) is 0 Å². The number of thioether (sulfide) groups is 1. The standard InChI is InChI=1S/C15H13NO4S/c17-10-3-1-9(2-4-10)16-14(20)8-21-15(16)12-6-5-11(18)7-13(12)19/h1-7,15,17-19H,8H2. The Labute approximate surface area is 125 Å². The molecule has 6 heteroatoms. The van der Waals surface area contributed by atoms with E-state index < -0.39 is 0 Å². The lowest BCUT2D eigenvalue weighted by molar-refractivity contribution is -0.115. The minimum atomic E-state index is -0.359. The summed E-state index contributed by atoms with van der Waals surface area (Å²) in [4.78, 5) is 13.7. The van der Waals surface area contributed by atoms with Crippen LogP contribution in [0.2, 0.25) is 0 Å². The molecule has 21 heavy (non-hydrogen) atoms. The van der Waals surface area contributed by atoms with Crippen LogP contribution in [-0.2, 0) is 4.79 Å². The van der Waals surface area contributed by atoms with Gasteiger partial charge in [-0.2, -0.15) is 0 Å². The molecule has 5 nitrogen and oxygen atoms in total. The van der Waals surface area contributed by atoms with Crippen molar-refractivity contribution in [3.05, 3.63) is 48.0 Å². The smallest absolute Gasteiger partial charge is 0.238 e. The zero-order chi connectivity index (χ0) is 15.0. The second kappa shape index (κ2) is 5.21. The predicted molar refractivity (Wildman–Crippen MR) is 80.6 cm³/mol. The molecule has 0 radical (unpaired) electrons. The van der Waals surface area contributed by atoms with E-state index in [9.17, 15) is 20.1 Å². The van der Waals surface area contributed by atoms with Crippen molar-refractivity contribution in [3.63, 3.8) is 0 Å². The van der Waals surface area contributed by atoms with Crippen LogP contribution in [0.25, 0.3) is 0 Å². The van der Waals surface area contributed by atoms with Gasteiger partial charge >= 0.3 is 0 Å². The quantitative estimate of drug-likeness (QED) is 0.794. The molecule has 3 N–H and O–H groups in total. The van der Waals surface area contributed by atoms with Crippen molar-refractivity contribution in [2.24, 2.45) is 0 Å². The minimum Gasteiger partial charge on any atom is -0.508 e. The fourth-order valence-corrected chi connectivity index (χ4v) is 3.49. The van der Waals surface area contributed by atoms with Crippen LogP contribution in [0.3, 0.4) is 0 Å². The van der Waals surface area contributed by atoms with Gasteiger partial charge in [0.1, 0.15) is 22.6 Å². The molecule has 108 valence electrons. The van der Waals surface area contributed by atoms with Crippen LogP contribution in [0.4, 0.5) is 5.69 Å². The van der Waals surface area contributed by atoms with E-state index in [1.165, 1.54) is 36.0 Å². The summed E-state index contributed by atoms with van der Waals surface area (Å²) in [6, 6.07) is 10.7. The molecule has 2 aromatic rings. The Balaban J connectivity index is 2.01. The summed E-state index contributed by atoms with van der Waals surface area (Å²) < 4.78 is 0. The Kier molecular flexibility index (Phi) is 3.39. The van der Waals surface area contributed by atoms with Crippen LogP contribution in [0.1, 0.15) is 10.9 Å². The Bertz CT molecular complexity index is 687. The number of anilines is 1. The zero-order valence-corrected chi connectivity index (χ0v) is 11.7. The number of hydrogen-bond donors (Lipinski definition) is 3. The van der Waals surface area contributed by atoms with Crippen LogP contribution in [0.5, 0.6) is 17.2 Å². The van der Waals surface area contributed by atoms with E-state index in [1.54, 1.807) is 23.1 Å². The predicted octanol–water partition coefficient (Wildman–Crippen LogP) is 2.58. The molecular formula is C15H13NO4S. The van der Waals surface area contributed by atoms with E-state index in [2.05, 4.69) is 0 Å². The largest absolute Gasteiger partial charge is 0.508 e. The topological polar surface area (TPSA) is 81.0 Å². The SMILES string of the molecule is O=C1CSC(c2ccc(O)cc2O)N1c1ccc(O)cc1. The van der Waals surface area contributed by atoms with Crippen molar-refractivity contribution >= 4 is 23.4 Å². The molecule has 1 saturated heterocycles. The number of amides is 1. The third-order valence-corrected chi connectivity index (χ3v) is 4.47. The van der Waals surface area contributed by atoms with E-state index in [1.807, 2.05) is 0 Å². The fourth-order valence-electron chi connectivity index (χ4n) is 2.29. The molecule has 0 aromatic heterocycles. The van der Waals surface area contributed by atoms with Crippen molar-refractivity contribution in [2.75, 3.05) is 10.7 Å². The van der Waals surface area contributed by atoms with Crippen LogP contribution in [0, 0.1) is 0 Å². The van der Waals surface area contributed by atoms with Gasteiger partial charge in [0, 0.05) is 17.3 Å². The van der Waals surface area contributed by atoms with Gasteiger partial charge in [-0.05, 0) is 36.4 Å². The number of carbonyl (C=O) groups is 1. The number of hydrogen-bond acceptors (Lipinski definition) is 5. The number of phenols is 3. The molecule has 2 aromatic carbocycles. The molecule has 0 bridgehead atoms. The van der Waals surface area contributed by atoms with Gasteiger partial charge in [-0.3, -0.25) is 9.69 Å². The zero-order valence-electron chi connectivity index (χ0n) is 10.9. The number of benzene rings is 2. The monoisotopic (exact) mass is 303 g/mol. The molecule has 1 aliphatic heterocycles. The van der Waals surface area contributed by atoms with Gasteiger partial charge in [-0.1, -0.05) is 0 Å². The van der Waals surface area contributed by atoms with Crippen molar-refractivity contribution in [1.82, 2.24) is 0 Å². The van der Waals surface area contributed by atoms with Crippen molar-refractivity contribution in [2.45, 2.75) is 5.37 Å². The third kappa shape index (κ3) is 2.50. The van der Waals surface area contributed by atoms with Gasteiger partial charge in [0.15, 0.2) is 0 Å². The first-order valence-electron chi connectivity index (χ1n) is 6.31. The highest BCUT2D eigenvalue weighted by Gasteiger charge is 2.35. The van der Waals surface area contributed by atoms with Crippen molar-refractivity contribution in [3.8, 4) is 17.2 Å². The van der Waals surface area contributed by atoms with E-state index in [-0.39, 0.29) is 28.5 Å². The summed E-state index contributed by atoms with van der Waals surface area (Å²) in [5, 5.41) is 28.4. The average molecular weight is 303 g/mol. The lowest BCUT2D eigenvalue weighted by Crippen LogP contribution is -2.27. The van der Waals surface area contributed by atoms with E-state index in [0.29, 0.717) is 17.0 Å². The van der Waals surface area contributed by atoms with Gasteiger partial charge in [0.25, 0.3) is 0 Å².